The lowest BCUT2D eigenvalue weighted by molar-refractivity contribution is 0.669. The summed E-state index contributed by atoms with van der Waals surface area (Å²) in [5, 5.41) is 5.96. The van der Waals surface area contributed by atoms with E-state index in [4.69, 9.17) is 26.2 Å². The van der Waals surface area contributed by atoms with Crippen molar-refractivity contribution in [1.29, 1.82) is 0 Å². The van der Waals surface area contributed by atoms with Crippen molar-refractivity contribution in [3.8, 4) is 39.9 Å². The lowest BCUT2D eigenvalue weighted by Crippen LogP contribution is -2.06. The third kappa shape index (κ3) is 4.15. The Morgan fingerprint density at radius 3 is 2.00 bits per heavy atom. The average molecular weight is 620 g/mol. The van der Waals surface area contributed by atoms with Crippen LogP contribution in [0.3, 0.4) is 0 Å². The van der Waals surface area contributed by atoms with Gasteiger partial charge < -0.3 is 4.42 Å². The Balaban J connectivity index is 1.27. The summed E-state index contributed by atoms with van der Waals surface area (Å²) in [6.45, 7) is 0. The summed E-state index contributed by atoms with van der Waals surface area (Å²) in [5.41, 5.74) is 5.65. The predicted octanol–water partition coefficient (Wildman–Crippen LogP) is 11.0. The van der Waals surface area contributed by atoms with Gasteiger partial charge in [0, 0.05) is 32.7 Å². The lowest BCUT2D eigenvalue weighted by Gasteiger charge is -2.11. The van der Waals surface area contributed by atoms with Gasteiger partial charge in [-0.25, -0.2) is 4.98 Å². The van der Waals surface area contributed by atoms with Crippen molar-refractivity contribution >= 4 is 54.5 Å². The van der Waals surface area contributed by atoms with Crippen LogP contribution in [-0.2, 0) is 0 Å². The van der Waals surface area contributed by atoms with Gasteiger partial charge >= 0.3 is 0 Å². The molecule has 0 N–H and O–H groups in total. The second kappa shape index (κ2) is 10.5. The van der Waals surface area contributed by atoms with E-state index >= 15 is 0 Å². The minimum Gasteiger partial charge on any atom is -0.456 e. The van der Waals surface area contributed by atoms with Crippen molar-refractivity contribution in [3.63, 3.8) is 0 Å². The summed E-state index contributed by atoms with van der Waals surface area (Å²) in [6, 6.07) is 40.2. The Kier molecular flexibility index (Phi) is 4.81. The molecule has 0 bridgehead atoms. The molecule has 10 rings (SSSR count). The van der Waals surface area contributed by atoms with Crippen molar-refractivity contribution in [2.45, 2.75) is 0 Å². The largest absolute Gasteiger partial charge is 0.456 e. The quantitative estimate of drug-likeness (QED) is 0.197. The molecule has 0 unspecified atom stereocenters. The Bertz CT molecular complexity index is 3070. The van der Waals surface area contributed by atoms with Gasteiger partial charge in [-0.15, -0.1) is 0 Å². The van der Waals surface area contributed by atoms with Gasteiger partial charge in [-0.05, 0) is 58.3 Å². The van der Waals surface area contributed by atoms with Gasteiger partial charge in [-0.3, -0.25) is 4.57 Å². The maximum Gasteiger partial charge on any atom is 0.238 e. The third-order valence-corrected chi connectivity index (χ3v) is 8.95. The van der Waals surface area contributed by atoms with Crippen LogP contribution in [0.4, 0.5) is 0 Å². The molecular formula is C43H26N4O. The molecule has 0 saturated carbocycles. The normalized spacial score (nSPS) is 13.2. The number of rotatable bonds is 4. The third-order valence-electron chi connectivity index (χ3n) is 8.95. The van der Waals surface area contributed by atoms with Crippen molar-refractivity contribution in [2.24, 2.45) is 0 Å². The van der Waals surface area contributed by atoms with E-state index in [0.717, 1.165) is 54.5 Å². The van der Waals surface area contributed by atoms with Crippen LogP contribution >= 0.6 is 0 Å². The number of fused-ring (bicyclic) bond motifs is 7. The van der Waals surface area contributed by atoms with Crippen LogP contribution < -0.4 is 0 Å². The van der Waals surface area contributed by atoms with Crippen LogP contribution in [0.15, 0.2) is 162 Å². The number of hydrogen-bond donors (Lipinski definition) is 0. The van der Waals surface area contributed by atoms with Crippen LogP contribution in [0.5, 0.6) is 0 Å². The van der Waals surface area contributed by atoms with Crippen LogP contribution in [0.2, 0.25) is 0 Å². The van der Waals surface area contributed by atoms with Crippen LogP contribution in [0.1, 0.15) is 6.85 Å². The van der Waals surface area contributed by atoms with Crippen molar-refractivity contribution in [3.05, 3.63) is 158 Å². The van der Waals surface area contributed by atoms with Crippen molar-refractivity contribution in [2.75, 3.05) is 0 Å². The molecule has 5 nitrogen and oxygen atoms in total. The fourth-order valence-electron chi connectivity index (χ4n) is 6.76. The zero-order valence-electron chi connectivity index (χ0n) is 30.3. The number of benzene rings is 7. The number of aromatic nitrogens is 4. The fourth-order valence-corrected chi connectivity index (χ4v) is 6.76. The smallest absolute Gasteiger partial charge is 0.238 e. The number of para-hydroxylation sites is 2. The molecule has 3 aromatic heterocycles. The number of nitrogens with zero attached hydrogens (tertiary/aromatic N) is 4. The van der Waals surface area contributed by atoms with Gasteiger partial charge in [0.05, 0.1) is 17.9 Å². The monoisotopic (exact) mass is 619 g/mol. The second-order valence-corrected chi connectivity index (χ2v) is 11.7. The molecule has 0 saturated heterocycles. The molecule has 0 atom stereocenters. The first kappa shape index (κ1) is 22.0. The molecule has 48 heavy (non-hydrogen) atoms. The topological polar surface area (TPSA) is 56.7 Å². The van der Waals surface area contributed by atoms with Gasteiger partial charge in [0.2, 0.25) is 5.95 Å². The van der Waals surface area contributed by atoms with E-state index in [2.05, 4.69) is 36.4 Å². The van der Waals surface area contributed by atoms with E-state index in [9.17, 15) is 0 Å². The van der Waals surface area contributed by atoms with Gasteiger partial charge in [0.15, 0.2) is 11.6 Å². The summed E-state index contributed by atoms with van der Waals surface area (Å²) in [7, 11) is 0. The molecule has 0 aliphatic rings. The van der Waals surface area contributed by atoms with Crippen LogP contribution in [0, 0.1) is 0 Å². The summed E-state index contributed by atoms with van der Waals surface area (Å²) in [6.07, 6.45) is 0. The first-order valence-corrected chi connectivity index (χ1v) is 15.6. The standard InChI is InChI=1S/C43H26N4O/c1-2-12-28(13-3-1)41-44-42(46-43(45-41)47-36-18-8-6-15-32(36)33-16-7-9-19-37(33)47)34-17-10-20-39-40(34)35-26-31(23-24-38(35)48-39)30-22-21-27-11-4-5-14-29(27)25-30/h1-26H/i1D,2D,3D,12D,13D. The average Bonchev–Trinajstić information content (AvgIpc) is 3.75. The van der Waals surface area contributed by atoms with Gasteiger partial charge in [0.1, 0.15) is 11.2 Å². The van der Waals surface area contributed by atoms with E-state index in [-0.39, 0.29) is 23.2 Å². The first-order valence-electron chi connectivity index (χ1n) is 18.1. The zero-order valence-corrected chi connectivity index (χ0v) is 25.3. The minimum absolute atomic E-state index is 0.0366. The van der Waals surface area contributed by atoms with Crippen molar-refractivity contribution in [1.82, 2.24) is 19.5 Å². The van der Waals surface area contributed by atoms with E-state index in [1.807, 2.05) is 95.6 Å². The van der Waals surface area contributed by atoms with Crippen LogP contribution in [-0.4, -0.2) is 19.5 Å². The highest BCUT2D eigenvalue weighted by atomic mass is 16.3. The summed E-state index contributed by atoms with van der Waals surface area (Å²) < 4.78 is 51.0. The summed E-state index contributed by atoms with van der Waals surface area (Å²) in [5.74, 6) is 0.476. The maximum absolute atomic E-state index is 8.83. The predicted molar refractivity (Wildman–Crippen MR) is 195 cm³/mol. The summed E-state index contributed by atoms with van der Waals surface area (Å²) >= 11 is 0. The number of hydrogen-bond acceptors (Lipinski definition) is 4. The molecule has 10 aromatic rings. The molecular weight excluding hydrogens is 589 g/mol. The van der Waals surface area contributed by atoms with Gasteiger partial charge in [0.25, 0.3) is 0 Å². The molecule has 0 radical (unpaired) electrons. The van der Waals surface area contributed by atoms with Gasteiger partial charge in [-0.1, -0.05) is 121 Å². The van der Waals surface area contributed by atoms with E-state index < -0.39 is 30.2 Å². The molecule has 0 aliphatic carbocycles. The van der Waals surface area contributed by atoms with E-state index in [0.29, 0.717) is 16.7 Å². The highest BCUT2D eigenvalue weighted by Crippen LogP contribution is 2.39. The summed E-state index contributed by atoms with van der Waals surface area (Å²) in [4.78, 5) is 14.8. The molecule has 0 spiro atoms. The van der Waals surface area contributed by atoms with Gasteiger partial charge in [-0.2, -0.15) is 9.97 Å². The van der Waals surface area contributed by atoms with Crippen LogP contribution in [0.25, 0.3) is 94.4 Å². The Morgan fingerprint density at radius 2 is 1.19 bits per heavy atom. The van der Waals surface area contributed by atoms with E-state index in [1.54, 1.807) is 0 Å². The lowest BCUT2D eigenvalue weighted by atomic mass is 9.98. The molecule has 0 fully saturated rings. The molecule has 7 aromatic carbocycles. The Hall–Kier alpha value is -6.59. The maximum atomic E-state index is 8.83. The Labute approximate surface area is 282 Å². The van der Waals surface area contributed by atoms with E-state index in [1.165, 1.54) is 0 Å². The SMILES string of the molecule is [2H]c1c([2H])c([2H])c(-c2nc(-c3cccc4oc5ccc(-c6ccc7ccccc7c6)cc5c34)nc(-n3c4ccccc4c4ccccc43)n2)c([2H])c1[2H]. The minimum atomic E-state index is -0.488. The highest BCUT2D eigenvalue weighted by molar-refractivity contribution is 6.13. The zero-order chi connectivity index (χ0) is 36.0. The Morgan fingerprint density at radius 1 is 0.500 bits per heavy atom. The molecule has 3 heterocycles. The molecule has 224 valence electrons. The second-order valence-electron chi connectivity index (χ2n) is 11.7. The number of furan rings is 1. The highest BCUT2D eigenvalue weighted by Gasteiger charge is 2.20. The molecule has 5 heteroatoms. The molecule has 0 amide bonds. The van der Waals surface area contributed by atoms with Crippen molar-refractivity contribution < 1.29 is 11.3 Å². The molecule has 0 aliphatic heterocycles. The fraction of sp³-hybridized carbons (Fsp3) is 0. The first-order chi connectivity index (χ1) is 25.9.